The zero-order valence-corrected chi connectivity index (χ0v) is 25.2. The first kappa shape index (κ1) is 34.6. The summed E-state index contributed by atoms with van der Waals surface area (Å²) in [6.45, 7) is 14.6. The predicted octanol–water partition coefficient (Wildman–Crippen LogP) is 6.78. The van der Waals surface area contributed by atoms with E-state index in [1.165, 1.54) is 24.4 Å². The number of nitrogens with zero attached hydrogens (tertiary/aromatic N) is 1. The number of aryl methyl sites for hydroxylation is 1. The van der Waals surface area contributed by atoms with Crippen molar-refractivity contribution in [2.24, 2.45) is 4.99 Å². The maximum absolute atomic E-state index is 13.1. The molecular formula is C34H33F3N6O3. The summed E-state index contributed by atoms with van der Waals surface area (Å²) in [5, 5.41) is 13.9. The molecule has 0 fully saturated rings. The molecule has 0 radical (unpaired) electrons. The van der Waals surface area contributed by atoms with Crippen LogP contribution in [0, 0.1) is 6.92 Å². The van der Waals surface area contributed by atoms with Crippen LogP contribution in [-0.4, -0.2) is 30.5 Å². The van der Waals surface area contributed by atoms with Crippen LogP contribution in [0.5, 0.6) is 0 Å². The van der Waals surface area contributed by atoms with Gasteiger partial charge in [-0.15, -0.1) is 0 Å². The minimum absolute atomic E-state index is 0.0234. The Labute approximate surface area is 264 Å². The number of benzene rings is 3. The second kappa shape index (κ2) is 15.7. The molecule has 9 nitrogen and oxygen atoms in total. The average Bonchev–Trinajstić information content (AvgIpc) is 3.02. The molecule has 12 heteroatoms. The van der Waals surface area contributed by atoms with E-state index in [0.717, 1.165) is 18.2 Å². The van der Waals surface area contributed by atoms with Crippen molar-refractivity contribution in [2.75, 3.05) is 22.5 Å². The van der Waals surface area contributed by atoms with Crippen LogP contribution < -0.4 is 26.6 Å². The Hall–Kier alpha value is -5.91. The van der Waals surface area contributed by atoms with Crippen LogP contribution in [0.15, 0.2) is 121 Å². The van der Waals surface area contributed by atoms with Crippen molar-refractivity contribution in [3.05, 3.63) is 138 Å². The van der Waals surface area contributed by atoms with Crippen molar-refractivity contribution in [1.82, 2.24) is 10.6 Å². The van der Waals surface area contributed by atoms with Gasteiger partial charge in [0, 0.05) is 33.9 Å². The quantitative estimate of drug-likeness (QED) is 0.105. The van der Waals surface area contributed by atoms with Crippen molar-refractivity contribution < 1.29 is 27.6 Å². The first-order valence-corrected chi connectivity index (χ1v) is 13.8. The van der Waals surface area contributed by atoms with Crippen LogP contribution in [0.25, 0.3) is 0 Å². The van der Waals surface area contributed by atoms with E-state index in [1.54, 1.807) is 56.3 Å². The normalized spacial score (nSPS) is 11.4. The van der Waals surface area contributed by atoms with Crippen molar-refractivity contribution >= 4 is 41.0 Å². The number of allylic oxidation sites excluding steroid dienone is 3. The van der Waals surface area contributed by atoms with Crippen LogP contribution in [0.1, 0.15) is 38.8 Å². The molecule has 46 heavy (non-hydrogen) atoms. The maximum atomic E-state index is 13.1. The Bertz CT molecular complexity index is 1730. The number of rotatable bonds is 13. The van der Waals surface area contributed by atoms with Crippen LogP contribution in [-0.2, 0) is 11.0 Å². The lowest BCUT2D eigenvalue weighted by Gasteiger charge is -2.12. The molecule has 0 spiro atoms. The minimum atomic E-state index is -4.59. The van der Waals surface area contributed by atoms with Gasteiger partial charge in [0.1, 0.15) is 5.82 Å². The number of carbonyl (C=O) groups excluding carboxylic acids is 3. The van der Waals surface area contributed by atoms with Gasteiger partial charge in [-0.25, -0.2) is 4.99 Å². The van der Waals surface area contributed by atoms with Gasteiger partial charge >= 0.3 is 6.18 Å². The average molecular weight is 631 g/mol. The van der Waals surface area contributed by atoms with Gasteiger partial charge in [0.15, 0.2) is 0 Å². The molecule has 0 bridgehead atoms. The number of hydrogen-bond acceptors (Lipinski definition) is 6. The number of halogens is 3. The zero-order chi connectivity index (χ0) is 33.9. The second-order valence-corrected chi connectivity index (χ2v) is 9.80. The zero-order valence-electron chi connectivity index (χ0n) is 25.2. The Morgan fingerprint density at radius 3 is 2.22 bits per heavy atom. The van der Waals surface area contributed by atoms with Crippen LogP contribution >= 0.6 is 0 Å². The summed E-state index contributed by atoms with van der Waals surface area (Å²) >= 11 is 0. The van der Waals surface area contributed by atoms with Gasteiger partial charge < -0.3 is 26.6 Å². The lowest BCUT2D eigenvalue weighted by molar-refractivity contribution is -0.137. The summed E-state index contributed by atoms with van der Waals surface area (Å²) in [4.78, 5) is 42.2. The minimum Gasteiger partial charge on any atom is -0.377 e. The third kappa shape index (κ3) is 10.4. The molecule has 3 amide bonds. The third-order valence-corrected chi connectivity index (χ3v) is 6.28. The highest BCUT2D eigenvalue weighted by atomic mass is 19.4. The molecule has 3 aromatic rings. The van der Waals surface area contributed by atoms with Gasteiger partial charge in [0.2, 0.25) is 5.91 Å². The number of amides is 3. The molecule has 0 saturated carbocycles. The molecular weight excluding hydrogens is 597 g/mol. The summed E-state index contributed by atoms with van der Waals surface area (Å²) in [7, 11) is 0. The molecule has 0 aliphatic rings. The molecule has 0 heterocycles. The largest absolute Gasteiger partial charge is 0.416 e. The van der Waals surface area contributed by atoms with Gasteiger partial charge in [-0.3, -0.25) is 14.4 Å². The number of hydrogen-bond donors (Lipinski definition) is 5. The third-order valence-electron chi connectivity index (χ3n) is 6.28. The van der Waals surface area contributed by atoms with Gasteiger partial charge in [0.05, 0.1) is 24.0 Å². The molecule has 238 valence electrons. The number of alkyl halides is 3. The first-order chi connectivity index (χ1) is 21.8. The Morgan fingerprint density at radius 2 is 1.54 bits per heavy atom. The number of carbonyl (C=O) groups is 3. The summed E-state index contributed by atoms with van der Waals surface area (Å²) < 4.78 is 39.2. The van der Waals surface area contributed by atoms with Crippen molar-refractivity contribution in [3.8, 4) is 0 Å². The highest BCUT2D eigenvalue weighted by Gasteiger charge is 2.31. The van der Waals surface area contributed by atoms with Crippen LogP contribution in [0.4, 0.5) is 30.2 Å². The number of anilines is 3. The molecule has 0 saturated heterocycles. The molecule has 0 aromatic heterocycles. The lowest BCUT2D eigenvalue weighted by atomic mass is 10.1. The van der Waals surface area contributed by atoms with Crippen LogP contribution in [0.2, 0.25) is 0 Å². The maximum Gasteiger partial charge on any atom is 0.416 e. The Morgan fingerprint density at radius 1 is 0.870 bits per heavy atom. The second-order valence-electron chi connectivity index (χ2n) is 9.80. The smallest absolute Gasteiger partial charge is 0.377 e. The van der Waals surface area contributed by atoms with E-state index in [4.69, 9.17) is 0 Å². The molecule has 0 aliphatic carbocycles. The molecule has 0 aliphatic heterocycles. The van der Waals surface area contributed by atoms with E-state index in [9.17, 15) is 27.6 Å². The van der Waals surface area contributed by atoms with Gasteiger partial charge in [-0.05, 0) is 74.0 Å². The van der Waals surface area contributed by atoms with E-state index >= 15 is 0 Å². The summed E-state index contributed by atoms with van der Waals surface area (Å²) in [5.41, 5.74) is 1.96. The molecule has 3 aromatic carbocycles. The first-order valence-electron chi connectivity index (χ1n) is 13.8. The molecule has 0 unspecified atom stereocenters. The van der Waals surface area contributed by atoms with Gasteiger partial charge in [-0.1, -0.05) is 44.0 Å². The summed E-state index contributed by atoms with van der Waals surface area (Å²) in [6, 6.07) is 15.5. The fourth-order valence-corrected chi connectivity index (χ4v) is 3.85. The fraction of sp³-hybridized carbons (Fsp3) is 0.118. The standard InChI is InChI=1S/C34H33F3N6O3/c1-6-22(4)38-20-31(44)41-28-13-9-12-27(17-28)40-23(5)39-19-26(7-2)42-33(46)30-18-29(15-14-21(30)3)43-32(45)24-10-8-11-25(16-24)34(35,36)37/h6-19,38,40H,1,4-5,20H2,2-3H3,(H,41,44)(H,42,46)(H,43,45)/b26-7+,39-19-. The predicted molar refractivity (Wildman–Crippen MR) is 175 cm³/mol. The van der Waals surface area contributed by atoms with Crippen molar-refractivity contribution in [1.29, 1.82) is 0 Å². The Balaban J connectivity index is 1.61. The number of nitrogens with one attached hydrogen (secondary N) is 5. The molecule has 5 N–H and O–H groups in total. The van der Waals surface area contributed by atoms with E-state index in [-0.39, 0.29) is 35.1 Å². The molecule has 0 atom stereocenters. The highest BCUT2D eigenvalue weighted by Crippen LogP contribution is 2.29. The SMILES string of the molecule is C=CC(=C)NCC(=O)Nc1cccc(NC(=C)/N=C\C(=C/C)NC(=O)c2cc(NC(=O)c3cccc(C(F)(F)F)c3)ccc2C)c1. The van der Waals surface area contributed by atoms with Crippen molar-refractivity contribution in [3.63, 3.8) is 0 Å². The fourth-order valence-electron chi connectivity index (χ4n) is 3.85. The van der Waals surface area contributed by atoms with E-state index in [0.29, 0.717) is 28.3 Å². The van der Waals surface area contributed by atoms with Gasteiger partial charge in [-0.2, -0.15) is 13.2 Å². The summed E-state index contributed by atoms with van der Waals surface area (Å²) in [5.74, 6) is -1.28. The monoisotopic (exact) mass is 630 g/mol. The lowest BCUT2D eigenvalue weighted by Crippen LogP contribution is -2.26. The Kier molecular flexibility index (Phi) is 11.8. The number of aliphatic imine (C=N–C) groups is 1. The van der Waals surface area contributed by atoms with E-state index in [2.05, 4.69) is 51.3 Å². The van der Waals surface area contributed by atoms with Crippen LogP contribution in [0.3, 0.4) is 0 Å². The van der Waals surface area contributed by atoms with Crippen molar-refractivity contribution in [2.45, 2.75) is 20.0 Å². The molecule has 3 rings (SSSR count). The summed E-state index contributed by atoms with van der Waals surface area (Å²) in [6.07, 6.45) is -0.0727. The van der Waals surface area contributed by atoms with E-state index in [1.807, 2.05) is 0 Å². The van der Waals surface area contributed by atoms with E-state index < -0.39 is 23.6 Å². The topological polar surface area (TPSA) is 124 Å². The van der Waals surface area contributed by atoms with Gasteiger partial charge in [0.25, 0.3) is 11.8 Å². The highest BCUT2D eigenvalue weighted by molar-refractivity contribution is 6.06.